The van der Waals surface area contributed by atoms with Crippen LogP contribution in [0.4, 0.5) is 5.82 Å². The number of esters is 2. The number of nitrogens with zero attached hydrogens (tertiary/aromatic N) is 3. The van der Waals surface area contributed by atoms with Gasteiger partial charge in [0.1, 0.15) is 5.15 Å². The summed E-state index contributed by atoms with van der Waals surface area (Å²) in [7, 11) is 0. The fourth-order valence-electron chi connectivity index (χ4n) is 2.45. The molecule has 2 aliphatic rings. The minimum atomic E-state index is -1.27. The lowest BCUT2D eigenvalue weighted by molar-refractivity contribution is -0.187. The monoisotopic (exact) mass is 324 g/mol. The average molecular weight is 325 g/mol. The zero-order valence-electron chi connectivity index (χ0n) is 11.7. The summed E-state index contributed by atoms with van der Waals surface area (Å²) in [5, 5.41) is 3.23. The summed E-state index contributed by atoms with van der Waals surface area (Å²) in [5.41, 5.74) is -1.27. The average Bonchev–Trinajstić information content (AvgIpc) is 2.46. The van der Waals surface area contributed by atoms with Crippen molar-refractivity contribution < 1.29 is 19.1 Å². The van der Waals surface area contributed by atoms with E-state index < -0.39 is 23.9 Å². The van der Waals surface area contributed by atoms with Gasteiger partial charge in [0.05, 0.1) is 12.4 Å². The number of nitrogens with one attached hydrogen (secondary N) is 1. The van der Waals surface area contributed by atoms with Crippen LogP contribution in [0, 0.1) is 0 Å². The summed E-state index contributed by atoms with van der Waals surface area (Å²) in [6.07, 6.45) is 4.12. The summed E-state index contributed by atoms with van der Waals surface area (Å²) in [4.78, 5) is 33.4. The highest BCUT2D eigenvalue weighted by molar-refractivity contribution is 6.29. The van der Waals surface area contributed by atoms with Crippen LogP contribution in [0.2, 0.25) is 5.15 Å². The topological polar surface area (TPSA) is 93.7 Å². The van der Waals surface area contributed by atoms with Gasteiger partial charge in [-0.05, 0) is 0 Å². The molecule has 1 N–H and O–H groups in total. The molecule has 3 rings (SSSR count). The number of carbonyl (C=O) groups excluding carboxylic acids is 2. The molecule has 116 valence electrons. The number of ether oxygens (including phenoxy) is 2. The summed E-state index contributed by atoms with van der Waals surface area (Å²) >= 11 is 5.87. The predicted octanol–water partition coefficient (Wildman–Crippen LogP) is 0.238. The number of aromatic nitrogens is 2. The summed E-state index contributed by atoms with van der Waals surface area (Å²) in [5.74, 6) is -0.845. The van der Waals surface area contributed by atoms with E-state index >= 15 is 0 Å². The van der Waals surface area contributed by atoms with Gasteiger partial charge in [0.25, 0.3) is 0 Å². The molecule has 0 aliphatic carbocycles. The molecule has 2 atom stereocenters. The molecular weight excluding hydrogens is 312 g/mol. The second-order valence-electron chi connectivity index (χ2n) is 4.93. The zero-order chi connectivity index (χ0) is 15.7. The highest BCUT2D eigenvalue weighted by Gasteiger charge is 2.49. The number of fused-ring (bicyclic) bond motifs is 1. The molecule has 22 heavy (non-hydrogen) atoms. The first-order valence-electron chi connectivity index (χ1n) is 6.59. The maximum atomic E-state index is 11.9. The largest absolute Gasteiger partial charge is 0.437 e. The minimum absolute atomic E-state index is 0.213. The van der Waals surface area contributed by atoms with E-state index in [0.29, 0.717) is 18.9 Å². The Kier molecular flexibility index (Phi) is 3.71. The van der Waals surface area contributed by atoms with E-state index in [9.17, 15) is 9.59 Å². The Hall–Kier alpha value is -2.19. The van der Waals surface area contributed by atoms with E-state index in [1.54, 1.807) is 11.8 Å². The Morgan fingerprint density at radius 1 is 1.36 bits per heavy atom. The second kappa shape index (κ2) is 5.54. The van der Waals surface area contributed by atoms with Crippen LogP contribution >= 0.6 is 11.6 Å². The van der Waals surface area contributed by atoms with Gasteiger partial charge in [-0.15, -0.1) is 0 Å². The van der Waals surface area contributed by atoms with Crippen LogP contribution in [0.25, 0.3) is 0 Å². The van der Waals surface area contributed by atoms with Gasteiger partial charge < -0.3 is 14.4 Å². The van der Waals surface area contributed by atoms with E-state index in [1.807, 2.05) is 0 Å². The van der Waals surface area contributed by atoms with Crippen LogP contribution in [0.5, 0.6) is 0 Å². The van der Waals surface area contributed by atoms with Crippen LogP contribution in [0.15, 0.2) is 24.5 Å². The van der Waals surface area contributed by atoms with Crippen molar-refractivity contribution in [3.05, 3.63) is 29.7 Å². The van der Waals surface area contributed by atoms with Crippen LogP contribution in [0.1, 0.15) is 6.92 Å². The molecule has 1 unspecified atom stereocenters. The van der Waals surface area contributed by atoms with Crippen LogP contribution in [-0.2, 0) is 19.1 Å². The van der Waals surface area contributed by atoms with Crippen molar-refractivity contribution in [2.24, 2.45) is 0 Å². The van der Waals surface area contributed by atoms with Gasteiger partial charge in [-0.2, -0.15) is 0 Å². The molecule has 8 nitrogen and oxygen atoms in total. The van der Waals surface area contributed by atoms with Crippen molar-refractivity contribution in [2.45, 2.75) is 18.9 Å². The van der Waals surface area contributed by atoms with Gasteiger partial charge in [0, 0.05) is 32.2 Å². The number of hydrogen-bond donors (Lipinski definition) is 1. The van der Waals surface area contributed by atoms with Gasteiger partial charge in [0.15, 0.2) is 5.82 Å². The molecule has 9 heteroatoms. The molecule has 0 bridgehead atoms. The second-order valence-corrected chi connectivity index (χ2v) is 5.32. The molecule has 0 spiro atoms. The predicted molar refractivity (Wildman–Crippen MR) is 75.9 cm³/mol. The number of hydrogen-bond acceptors (Lipinski definition) is 8. The van der Waals surface area contributed by atoms with Crippen molar-refractivity contribution in [3.63, 3.8) is 0 Å². The van der Waals surface area contributed by atoms with Crippen molar-refractivity contribution in [3.8, 4) is 0 Å². The Morgan fingerprint density at radius 2 is 2.14 bits per heavy atom. The van der Waals surface area contributed by atoms with E-state index in [4.69, 9.17) is 21.1 Å². The molecule has 1 fully saturated rings. The third kappa shape index (κ3) is 2.62. The van der Waals surface area contributed by atoms with Crippen molar-refractivity contribution >= 4 is 29.4 Å². The number of anilines is 1. The van der Waals surface area contributed by atoms with Gasteiger partial charge in [-0.25, -0.2) is 14.6 Å². The summed E-state index contributed by atoms with van der Waals surface area (Å²) in [6, 6.07) is 0. The molecule has 0 saturated carbocycles. The van der Waals surface area contributed by atoms with Crippen LogP contribution in [0.3, 0.4) is 0 Å². The third-order valence-electron chi connectivity index (χ3n) is 3.45. The lowest BCUT2D eigenvalue weighted by Gasteiger charge is -2.48. The van der Waals surface area contributed by atoms with Crippen LogP contribution in [-0.4, -0.2) is 46.9 Å². The molecule has 1 aromatic heterocycles. The molecule has 0 amide bonds. The van der Waals surface area contributed by atoms with E-state index in [-0.39, 0.29) is 5.15 Å². The summed E-state index contributed by atoms with van der Waals surface area (Å²) in [6.45, 7) is 2.61. The van der Waals surface area contributed by atoms with Crippen molar-refractivity contribution in [1.82, 2.24) is 15.3 Å². The third-order valence-corrected chi connectivity index (χ3v) is 3.64. The van der Waals surface area contributed by atoms with Crippen molar-refractivity contribution in [1.29, 1.82) is 0 Å². The lowest BCUT2D eigenvalue weighted by Crippen LogP contribution is -2.69. The standard InChI is InChI=1S/C13H13ClN4O4/c1-13-12(21-10(19)2-3-11(20)22-13)16-4-5-18(13)9-7-15-6-8(14)17-9/h2-3,6-7,12,16H,4-5H2,1H3/b3-2-/t12?,13-/m1/s1. The van der Waals surface area contributed by atoms with E-state index in [2.05, 4.69) is 15.3 Å². The Balaban J connectivity index is 2.02. The SMILES string of the molecule is C[C@@]12OC(=O)/C=C\C(=O)OC1NCCN2c1cncc(Cl)n1. The Morgan fingerprint density at radius 3 is 2.91 bits per heavy atom. The molecule has 0 aromatic carbocycles. The molecular formula is C13H13ClN4O4. The fourth-order valence-corrected chi connectivity index (χ4v) is 2.60. The minimum Gasteiger partial charge on any atom is -0.437 e. The number of rotatable bonds is 1. The maximum absolute atomic E-state index is 11.9. The molecule has 0 radical (unpaired) electrons. The molecule has 1 saturated heterocycles. The highest BCUT2D eigenvalue weighted by atomic mass is 35.5. The van der Waals surface area contributed by atoms with Gasteiger partial charge in [-0.3, -0.25) is 10.3 Å². The molecule has 3 heterocycles. The Labute approximate surface area is 131 Å². The van der Waals surface area contributed by atoms with Gasteiger partial charge in [-0.1, -0.05) is 11.6 Å². The van der Waals surface area contributed by atoms with Gasteiger partial charge in [0.2, 0.25) is 12.0 Å². The van der Waals surface area contributed by atoms with Crippen molar-refractivity contribution in [2.75, 3.05) is 18.0 Å². The van der Waals surface area contributed by atoms with Gasteiger partial charge >= 0.3 is 11.9 Å². The highest BCUT2D eigenvalue weighted by Crippen LogP contribution is 2.31. The van der Waals surface area contributed by atoms with Crippen LogP contribution < -0.4 is 10.2 Å². The van der Waals surface area contributed by atoms with E-state index in [0.717, 1.165) is 12.2 Å². The normalized spacial score (nSPS) is 29.7. The maximum Gasteiger partial charge on any atom is 0.333 e. The van der Waals surface area contributed by atoms with E-state index in [1.165, 1.54) is 12.4 Å². The first-order chi connectivity index (χ1) is 10.5. The molecule has 1 aromatic rings. The fraction of sp³-hybridized carbons (Fsp3) is 0.385. The lowest BCUT2D eigenvalue weighted by atomic mass is 10.1. The number of piperazine rings is 1. The first-order valence-corrected chi connectivity index (χ1v) is 6.97. The Bertz CT molecular complexity index is 653. The number of halogens is 1. The summed E-state index contributed by atoms with van der Waals surface area (Å²) < 4.78 is 10.8. The molecule has 2 aliphatic heterocycles. The number of carbonyl (C=O) groups is 2. The first kappa shape index (κ1) is 14.7. The smallest absolute Gasteiger partial charge is 0.333 e. The quantitative estimate of drug-likeness (QED) is 0.734. The zero-order valence-corrected chi connectivity index (χ0v) is 12.4.